The smallest absolute Gasteiger partial charge is 0.191 e. The summed E-state index contributed by atoms with van der Waals surface area (Å²) in [6.07, 6.45) is 1.54. The molecule has 0 unspecified atom stereocenters. The van der Waals surface area contributed by atoms with Crippen LogP contribution in [-0.2, 0) is 0 Å². The van der Waals surface area contributed by atoms with Gasteiger partial charge in [0.2, 0.25) is 0 Å². The molecule has 0 radical (unpaired) electrons. The molecule has 3 N–H and O–H groups in total. The van der Waals surface area contributed by atoms with Crippen LogP contribution in [0.1, 0.15) is 5.89 Å². The van der Waals surface area contributed by atoms with Crippen LogP contribution in [0, 0.1) is 6.92 Å². The van der Waals surface area contributed by atoms with Gasteiger partial charge in [-0.05, 0) is 12.1 Å². The number of aromatic nitrogens is 1. The molecule has 4 nitrogen and oxygen atoms in total. The van der Waals surface area contributed by atoms with Gasteiger partial charge >= 0.3 is 0 Å². The molecule has 0 bridgehead atoms. The molecular formula is C10H10N2O2. The zero-order valence-electron chi connectivity index (χ0n) is 7.69. The molecule has 2 rings (SSSR count). The standard InChI is InChI=1S/C10H10N2O2/c1-6-12-9(5-14-6)7-2-3-8(11)10(13)4-7/h2-5,13H,11H2,1H3. The minimum absolute atomic E-state index is 0.0585. The largest absolute Gasteiger partial charge is 0.506 e. The molecule has 14 heavy (non-hydrogen) atoms. The van der Waals surface area contributed by atoms with E-state index in [1.807, 2.05) is 0 Å². The quantitative estimate of drug-likeness (QED) is 0.532. The molecule has 0 aliphatic carbocycles. The summed E-state index contributed by atoms with van der Waals surface area (Å²) in [6.45, 7) is 1.76. The van der Waals surface area contributed by atoms with Crippen molar-refractivity contribution in [2.45, 2.75) is 6.92 Å². The summed E-state index contributed by atoms with van der Waals surface area (Å²) >= 11 is 0. The number of phenolic OH excluding ortho intramolecular Hbond substituents is 1. The Balaban J connectivity index is 2.47. The van der Waals surface area contributed by atoms with Crippen LogP contribution in [0.2, 0.25) is 0 Å². The lowest BCUT2D eigenvalue weighted by Crippen LogP contribution is -1.86. The Morgan fingerprint density at radius 1 is 1.43 bits per heavy atom. The highest BCUT2D eigenvalue weighted by molar-refractivity contribution is 5.66. The lowest BCUT2D eigenvalue weighted by Gasteiger charge is -2.00. The van der Waals surface area contributed by atoms with Crippen molar-refractivity contribution in [3.8, 4) is 17.0 Å². The van der Waals surface area contributed by atoms with Gasteiger partial charge in [-0.3, -0.25) is 0 Å². The monoisotopic (exact) mass is 190 g/mol. The molecule has 2 aromatic rings. The Morgan fingerprint density at radius 3 is 2.79 bits per heavy atom. The number of nitrogens with zero attached hydrogens (tertiary/aromatic N) is 1. The molecule has 0 amide bonds. The van der Waals surface area contributed by atoms with E-state index in [1.54, 1.807) is 31.4 Å². The Hall–Kier alpha value is -1.97. The summed E-state index contributed by atoms with van der Waals surface area (Å²) in [7, 11) is 0. The van der Waals surface area contributed by atoms with Crippen LogP contribution in [0.5, 0.6) is 5.75 Å². The number of hydrogen-bond acceptors (Lipinski definition) is 4. The minimum Gasteiger partial charge on any atom is -0.506 e. The minimum atomic E-state index is 0.0585. The maximum absolute atomic E-state index is 9.38. The van der Waals surface area contributed by atoms with Crippen LogP contribution in [0.3, 0.4) is 0 Å². The van der Waals surface area contributed by atoms with E-state index in [-0.39, 0.29) is 5.75 Å². The first-order chi connectivity index (χ1) is 6.66. The summed E-state index contributed by atoms with van der Waals surface area (Å²) in [5, 5.41) is 9.38. The molecular weight excluding hydrogens is 180 g/mol. The second-order valence-corrected chi connectivity index (χ2v) is 3.03. The van der Waals surface area contributed by atoms with Crippen molar-refractivity contribution in [3.05, 3.63) is 30.4 Å². The van der Waals surface area contributed by atoms with E-state index in [4.69, 9.17) is 10.2 Å². The maximum atomic E-state index is 9.38. The van der Waals surface area contributed by atoms with Gasteiger partial charge in [0.15, 0.2) is 5.89 Å². The molecule has 0 saturated heterocycles. The predicted octanol–water partition coefficient (Wildman–Crippen LogP) is 1.94. The van der Waals surface area contributed by atoms with Gasteiger partial charge in [0, 0.05) is 12.5 Å². The lowest BCUT2D eigenvalue weighted by atomic mass is 10.1. The van der Waals surface area contributed by atoms with Crippen LogP contribution in [0.4, 0.5) is 5.69 Å². The van der Waals surface area contributed by atoms with Crippen molar-refractivity contribution >= 4 is 5.69 Å². The van der Waals surface area contributed by atoms with Crippen molar-refractivity contribution in [2.75, 3.05) is 5.73 Å². The third-order valence-corrected chi connectivity index (χ3v) is 1.95. The normalized spacial score (nSPS) is 10.4. The van der Waals surface area contributed by atoms with Gasteiger partial charge < -0.3 is 15.3 Å². The summed E-state index contributed by atoms with van der Waals surface area (Å²) in [5.74, 6) is 0.652. The number of aromatic hydroxyl groups is 1. The number of benzene rings is 1. The second-order valence-electron chi connectivity index (χ2n) is 3.03. The van der Waals surface area contributed by atoms with Crippen molar-refractivity contribution in [3.63, 3.8) is 0 Å². The highest BCUT2D eigenvalue weighted by Crippen LogP contribution is 2.27. The lowest BCUT2D eigenvalue weighted by molar-refractivity contribution is 0.478. The maximum Gasteiger partial charge on any atom is 0.191 e. The Kier molecular flexibility index (Phi) is 1.89. The fraction of sp³-hybridized carbons (Fsp3) is 0.100. The highest BCUT2D eigenvalue weighted by Gasteiger charge is 2.05. The average Bonchev–Trinajstić information content (AvgIpc) is 2.57. The van der Waals surface area contributed by atoms with Crippen LogP contribution < -0.4 is 5.73 Å². The summed E-state index contributed by atoms with van der Waals surface area (Å²) in [5.41, 5.74) is 7.31. The molecule has 0 aliphatic heterocycles. The van der Waals surface area contributed by atoms with Crippen LogP contribution in [0.25, 0.3) is 11.3 Å². The number of aryl methyl sites for hydroxylation is 1. The summed E-state index contributed by atoms with van der Waals surface area (Å²) in [4.78, 5) is 4.13. The van der Waals surface area contributed by atoms with E-state index in [0.717, 1.165) is 5.56 Å². The Morgan fingerprint density at radius 2 is 2.21 bits per heavy atom. The fourth-order valence-corrected chi connectivity index (χ4v) is 1.20. The predicted molar refractivity (Wildman–Crippen MR) is 52.8 cm³/mol. The molecule has 0 fully saturated rings. The average molecular weight is 190 g/mol. The highest BCUT2D eigenvalue weighted by atomic mass is 16.3. The Labute approximate surface area is 81.0 Å². The first-order valence-corrected chi connectivity index (χ1v) is 4.18. The summed E-state index contributed by atoms with van der Waals surface area (Å²) < 4.78 is 5.07. The zero-order valence-corrected chi connectivity index (χ0v) is 7.69. The first kappa shape index (κ1) is 8.62. The van der Waals surface area contributed by atoms with Crippen molar-refractivity contribution in [1.29, 1.82) is 0 Å². The molecule has 0 saturated carbocycles. The van der Waals surface area contributed by atoms with E-state index in [2.05, 4.69) is 4.98 Å². The number of hydrogen-bond donors (Lipinski definition) is 2. The Bertz CT molecular complexity index is 463. The number of oxazole rings is 1. The van der Waals surface area contributed by atoms with E-state index >= 15 is 0 Å². The van der Waals surface area contributed by atoms with Gasteiger partial charge in [-0.2, -0.15) is 0 Å². The van der Waals surface area contributed by atoms with Crippen molar-refractivity contribution in [2.24, 2.45) is 0 Å². The number of nitrogens with two attached hydrogens (primary N) is 1. The second kappa shape index (κ2) is 3.06. The van der Waals surface area contributed by atoms with Gasteiger partial charge in [-0.25, -0.2) is 4.98 Å². The van der Waals surface area contributed by atoms with Crippen LogP contribution in [-0.4, -0.2) is 10.1 Å². The SMILES string of the molecule is Cc1nc(-c2ccc(N)c(O)c2)co1. The molecule has 0 atom stereocenters. The van der Waals surface area contributed by atoms with E-state index in [0.29, 0.717) is 17.3 Å². The zero-order chi connectivity index (χ0) is 10.1. The van der Waals surface area contributed by atoms with Gasteiger partial charge in [-0.15, -0.1) is 0 Å². The first-order valence-electron chi connectivity index (χ1n) is 4.18. The third-order valence-electron chi connectivity index (χ3n) is 1.95. The fourth-order valence-electron chi connectivity index (χ4n) is 1.20. The molecule has 0 aliphatic rings. The van der Waals surface area contributed by atoms with Gasteiger partial charge in [0.25, 0.3) is 0 Å². The van der Waals surface area contributed by atoms with E-state index < -0.39 is 0 Å². The van der Waals surface area contributed by atoms with Gasteiger partial charge in [0.05, 0.1) is 5.69 Å². The van der Waals surface area contributed by atoms with Crippen LogP contribution in [0.15, 0.2) is 28.9 Å². The number of rotatable bonds is 1. The number of nitrogen functional groups attached to an aromatic ring is 1. The van der Waals surface area contributed by atoms with Gasteiger partial charge in [0.1, 0.15) is 17.7 Å². The molecule has 72 valence electrons. The number of anilines is 1. The molecule has 4 heteroatoms. The van der Waals surface area contributed by atoms with Crippen molar-refractivity contribution < 1.29 is 9.52 Å². The number of phenols is 1. The molecule has 0 spiro atoms. The van der Waals surface area contributed by atoms with Crippen molar-refractivity contribution in [1.82, 2.24) is 4.98 Å². The van der Waals surface area contributed by atoms with Gasteiger partial charge in [-0.1, -0.05) is 6.07 Å². The molecule has 1 heterocycles. The van der Waals surface area contributed by atoms with E-state index in [9.17, 15) is 5.11 Å². The van der Waals surface area contributed by atoms with Crippen LogP contribution >= 0.6 is 0 Å². The third kappa shape index (κ3) is 1.42. The van der Waals surface area contributed by atoms with E-state index in [1.165, 1.54) is 0 Å². The molecule has 1 aromatic heterocycles. The molecule has 1 aromatic carbocycles. The summed E-state index contributed by atoms with van der Waals surface area (Å²) in [6, 6.07) is 4.98. The topological polar surface area (TPSA) is 72.3 Å².